The molecule has 0 aliphatic carbocycles. The summed E-state index contributed by atoms with van der Waals surface area (Å²) in [4.78, 5) is 35.1. The summed E-state index contributed by atoms with van der Waals surface area (Å²) >= 11 is 0. The van der Waals surface area contributed by atoms with Gasteiger partial charge < -0.3 is 20.1 Å². The van der Waals surface area contributed by atoms with Crippen LogP contribution < -0.4 is 15.4 Å². The number of nitrogens with one attached hydrogen (secondary N) is 2. The lowest BCUT2D eigenvalue weighted by molar-refractivity contribution is -0.123. The Morgan fingerprint density at radius 2 is 1.65 bits per heavy atom. The van der Waals surface area contributed by atoms with Crippen LogP contribution in [0.5, 0.6) is 5.75 Å². The van der Waals surface area contributed by atoms with E-state index in [-0.39, 0.29) is 17.0 Å². The van der Waals surface area contributed by atoms with Crippen molar-refractivity contribution in [3.05, 3.63) is 59.9 Å². The minimum atomic E-state index is -0.765. The second-order valence-electron chi connectivity index (χ2n) is 5.06. The third-order valence-corrected chi connectivity index (χ3v) is 3.23. The van der Waals surface area contributed by atoms with Gasteiger partial charge in [-0.05, 0) is 24.3 Å². The summed E-state index contributed by atoms with van der Waals surface area (Å²) in [5, 5.41) is 4.69. The molecule has 8 heteroatoms. The molecule has 0 bridgehead atoms. The number of esters is 1. The first-order valence-electron chi connectivity index (χ1n) is 7.65. The molecule has 136 valence electrons. The van der Waals surface area contributed by atoms with Crippen molar-refractivity contribution in [2.45, 2.75) is 0 Å². The van der Waals surface area contributed by atoms with Gasteiger partial charge in [0.15, 0.2) is 13.2 Å². The number of hydrogen-bond acceptors (Lipinski definition) is 5. The Bertz CT molecular complexity index is 810. The van der Waals surface area contributed by atoms with E-state index in [0.717, 1.165) is 0 Å². The highest BCUT2D eigenvalue weighted by atomic mass is 19.1. The smallest absolute Gasteiger partial charge is 0.342 e. The van der Waals surface area contributed by atoms with Crippen molar-refractivity contribution in [1.82, 2.24) is 5.32 Å². The van der Waals surface area contributed by atoms with Gasteiger partial charge in [0.05, 0.1) is 5.69 Å². The molecule has 2 aromatic carbocycles. The van der Waals surface area contributed by atoms with E-state index in [0.29, 0.717) is 0 Å². The fourth-order valence-corrected chi connectivity index (χ4v) is 1.93. The van der Waals surface area contributed by atoms with E-state index in [9.17, 15) is 18.8 Å². The minimum Gasteiger partial charge on any atom is -0.483 e. The van der Waals surface area contributed by atoms with E-state index in [1.54, 1.807) is 18.2 Å². The van der Waals surface area contributed by atoms with Crippen LogP contribution in [0.2, 0.25) is 0 Å². The van der Waals surface area contributed by atoms with Crippen LogP contribution in [-0.2, 0) is 14.3 Å². The van der Waals surface area contributed by atoms with Crippen molar-refractivity contribution >= 4 is 23.5 Å². The van der Waals surface area contributed by atoms with Crippen LogP contribution in [0.4, 0.5) is 10.1 Å². The van der Waals surface area contributed by atoms with Crippen LogP contribution in [0.25, 0.3) is 0 Å². The number of benzene rings is 2. The minimum absolute atomic E-state index is 0.0272. The Morgan fingerprint density at radius 1 is 0.962 bits per heavy atom. The normalized spacial score (nSPS) is 9.92. The van der Waals surface area contributed by atoms with Crippen LogP contribution in [-0.4, -0.2) is 38.0 Å². The Balaban J connectivity index is 1.97. The van der Waals surface area contributed by atoms with E-state index < -0.39 is 36.8 Å². The van der Waals surface area contributed by atoms with Crippen molar-refractivity contribution in [3.8, 4) is 5.75 Å². The molecule has 0 spiro atoms. The largest absolute Gasteiger partial charge is 0.483 e. The van der Waals surface area contributed by atoms with Gasteiger partial charge in [0.2, 0.25) is 0 Å². The highest BCUT2D eigenvalue weighted by Crippen LogP contribution is 2.19. The van der Waals surface area contributed by atoms with Crippen LogP contribution in [0.3, 0.4) is 0 Å². The first-order valence-corrected chi connectivity index (χ1v) is 7.65. The van der Waals surface area contributed by atoms with E-state index >= 15 is 0 Å². The molecule has 0 aliphatic heterocycles. The average molecular weight is 360 g/mol. The summed E-state index contributed by atoms with van der Waals surface area (Å²) in [7, 11) is 1.42. The molecular weight excluding hydrogens is 343 g/mol. The molecule has 2 amide bonds. The predicted molar refractivity (Wildman–Crippen MR) is 91.3 cm³/mol. The molecular formula is C18H17FN2O5. The Hall–Kier alpha value is -3.42. The number of amides is 2. The first-order chi connectivity index (χ1) is 12.5. The lowest BCUT2D eigenvalue weighted by Crippen LogP contribution is -2.25. The molecule has 0 atom stereocenters. The van der Waals surface area contributed by atoms with Crippen LogP contribution >= 0.6 is 0 Å². The number of carbonyl (C=O) groups excluding carboxylic acids is 3. The van der Waals surface area contributed by atoms with Gasteiger partial charge >= 0.3 is 5.97 Å². The summed E-state index contributed by atoms with van der Waals surface area (Å²) in [5.74, 6) is -2.28. The highest BCUT2D eigenvalue weighted by Gasteiger charge is 2.16. The Morgan fingerprint density at radius 3 is 2.38 bits per heavy atom. The highest BCUT2D eigenvalue weighted by molar-refractivity contribution is 5.95. The zero-order valence-electron chi connectivity index (χ0n) is 14.0. The van der Waals surface area contributed by atoms with Gasteiger partial charge in [0.25, 0.3) is 11.8 Å². The number of hydrogen-bond donors (Lipinski definition) is 2. The number of ether oxygens (including phenoxy) is 2. The quantitative estimate of drug-likeness (QED) is 0.734. The number of anilines is 1. The lowest BCUT2D eigenvalue weighted by atomic mass is 10.2. The third kappa shape index (κ3) is 5.30. The molecule has 0 heterocycles. The Kier molecular flexibility index (Phi) is 6.67. The monoisotopic (exact) mass is 360 g/mol. The number of para-hydroxylation sites is 2. The fourth-order valence-electron chi connectivity index (χ4n) is 1.93. The van der Waals surface area contributed by atoms with Gasteiger partial charge in [0.1, 0.15) is 17.1 Å². The predicted octanol–water partition coefficient (Wildman–Crippen LogP) is 1.75. The topological polar surface area (TPSA) is 93.7 Å². The zero-order chi connectivity index (χ0) is 18.9. The van der Waals surface area contributed by atoms with Crippen molar-refractivity contribution in [2.24, 2.45) is 0 Å². The van der Waals surface area contributed by atoms with Gasteiger partial charge in [-0.15, -0.1) is 0 Å². The van der Waals surface area contributed by atoms with Crippen LogP contribution in [0, 0.1) is 5.82 Å². The number of halogens is 1. The molecule has 0 aliphatic rings. The molecule has 2 N–H and O–H groups in total. The summed E-state index contributed by atoms with van der Waals surface area (Å²) in [6.07, 6.45) is 0. The number of carbonyl (C=O) groups is 3. The average Bonchev–Trinajstić information content (AvgIpc) is 2.66. The first kappa shape index (κ1) is 18.9. The van der Waals surface area contributed by atoms with Crippen molar-refractivity contribution in [3.63, 3.8) is 0 Å². The molecule has 7 nitrogen and oxygen atoms in total. The van der Waals surface area contributed by atoms with Crippen LogP contribution in [0.1, 0.15) is 10.4 Å². The second kappa shape index (κ2) is 9.16. The molecule has 26 heavy (non-hydrogen) atoms. The summed E-state index contributed by atoms with van der Waals surface area (Å²) in [5.41, 5.74) is 0.0921. The summed E-state index contributed by atoms with van der Waals surface area (Å²) in [6.45, 7) is -0.870. The maximum absolute atomic E-state index is 13.5. The molecule has 0 unspecified atom stereocenters. The Labute approximate surface area is 149 Å². The van der Waals surface area contributed by atoms with E-state index in [1.165, 1.54) is 37.4 Å². The molecule has 2 aromatic rings. The molecule has 0 saturated heterocycles. The fraction of sp³-hybridized carbons (Fsp3) is 0.167. The maximum Gasteiger partial charge on any atom is 0.342 e. The van der Waals surface area contributed by atoms with E-state index in [4.69, 9.17) is 9.47 Å². The summed E-state index contributed by atoms with van der Waals surface area (Å²) in [6, 6.07) is 11.8. The maximum atomic E-state index is 13.5. The van der Waals surface area contributed by atoms with Crippen molar-refractivity contribution < 1.29 is 28.2 Å². The van der Waals surface area contributed by atoms with Crippen molar-refractivity contribution in [2.75, 3.05) is 25.6 Å². The number of likely N-dealkylation sites (N-methyl/N-ethyl adjacent to an activating group) is 1. The van der Waals surface area contributed by atoms with Gasteiger partial charge in [-0.2, -0.15) is 0 Å². The van der Waals surface area contributed by atoms with Gasteiger partial charge in [-0.25, -0.2) is 9.18 Å². The van der Waals surface area contributed by atoms with Gasteiger partial charge in [-0.1, -0.05) is 24.3 Å². The standard InChI is InChI=1S/C18H17FN2O5/c1-20-16(22)10-26-18(24)12-6-2-5-9-15(12)25-11-17(23)21-14-8-4-3-7-13(14)19/h2-9H,10-11H2,1H3,(H,20,22)(H,21,23). The lowest BCUT2D eigenvalue weighted by Gasteiger charge is -2.11. The SMILES string of the molecule is CNC(=O)COC(=O)c1ccccc1OCC(=O)Nc1ccccc1F. The van der Waals surface area contributed by atoms with Gasteiger partial charge in [-0.3, -0.25) is 9.59 Å². The van der Waals surface area contributed by atoms with Crippen molar-refractivity contribution in [1.29, 1.82) is 0 Å². The third-order valence-electron chi connectivity index (χ3n) is 3.23. The second-order valence-corrected chi connectivity index (χ2v) is 5.06. The van der Waals surface area contributed by atoms with E-state index in [1.807, 2.05) is 0 Å². The van der Waals surface area contributed by atoms with Crippen LogP contribution in [0.15, 0.2) is 48.5 Å². The molecule has 0 fully saturated rings. The summed E-state index contributed by atoms with van der Waals surface area (Å²) < 4.78 is 23.7. The molecule has 2 rings (SSSR count). The zero-order valence-corrected chi connectivity index (χ0v) is 14.0. The molecule has 0 aromatic heterocycles. The number of rotatable bonds is 7. The van der Waals surface area contributed by atoms with Gasteiger partial charge in [0, 0.05) is 7.05 Å². The molecule has 0 radical (unpaired) electrons. The molecule has 0 saturated carbocycles. The van der Waals surface area contributed by atoms with E-state index in [2.05, 4.69) is 10.6 Å².